The van der Waals surface area contributed by atoms with E-state index in [0.29, 0.717) is 44.2 Å². The second-order valence-corrected chi connectivity index (χ2v) is 9.93. The number of hydrogen-bond donors (Lipinski definition) is 1. The molecule has 0 aliphatic carbocycles. The molecule has 7 nitrogen and oxygen atoms in total. The van der Waals surface area contributed by atoms with E-state index in [1.54, 1.807) is 4.90 Å². The molecular formula is C20H30N3O4S+. The van der Waals surface area contributed by atoms with Gasteiger partial charge in [-0.2, -0.15) is 4.31 Å². The van der Waals surface area contributed by atoms with Gasteiger partial charge in [-0.1, -0.05) is 19.1 Å². The lowest BCUT2D eigenvalue weighted by atomic mass is 10.0. The van der Waals surface area contributed by atoms with Gasteiger partial charge in [0.15, 0.2) is 12.3 Å². The second kappa shape index (κ2) is 8.71. The summed E-state index contributed by atoms with van der Waals surface area (Å²) in [5, 5.41) is 0. The average Bonchev–Trinajstić information content (AvgIpc) is 2.68. The summed E-state index contributed by atoms with van der Waals surface area (Å²) in [6.07, 6.45) is 2.40. The van der Waals surface area contributed by atoms with Crippen molar-refractivity contribution in [2.45, 2.75) is 31.6 Å². The van der Waals surface area contributed by atoms with E-state index < -0.39 is 10.0 Å². The monoisotopic (exact) mass is 408 g/mol. The van der Waals surface area contributed by atoms with Gasteiger partial charge in [0.25, 0.3) is 5.91 Å². The maximum Gasteiger partial charge on any atom is 0.277 e. The number of nitrogens with zero attached hydrogens (tertiary/aromatic N) is 2. The van der Waals surface area contributed by atoms with Crippen LogP contribution < -0.4 is 4.90 Å². The van der Waals surface area contributed by atoms with Crippen LogP contribution in [0.5, 0.6) is 0 Å². The van der Waals surface area contributed by atoms with Gasteiger partial charge in [-0.15, -0.1) is 0 Å². The highest BCUT2D eigenvalue weighted by Crippen LogP contribution is 2.18. The maximum atomic E-state index is 12.8. The van der Waals surface area contributed by atoms with Gasteiger partial charge in [0.2, 0.25) is 10.0 Å². The van der Waals surface area contributed by atoms with Gasteiger partial charge >= 0.3 is 0 Å². The molecule has 1 aromatic rings. The molecule has 0 bridgehead atoms. The molecule has 2 fully saturated rings. The largest absolute Gasteiger partial charge is 0.335 e. The van der Waals surface area contributed by atoms with Crippen molar-refractivity contribution in [1.29, 1.82) is 0 Å². The van der Waals surface area contributed by atoms with E-state index in [1.807, 2.05) is 0 Å². The Morgan fingerprint density at radius 3 is 2.32 bits per heavy atom. The molecule has 2 atom stereocenters. The lowest BCUT2D eigenvalue weighted by molar-refractivity contribution is -0.900. The zero-order valence-corrected chi connectivity index (χ0v) is 17.5. The quantitative estimate of drug-likeness (QED) is 0.698. The molecule has 0 aromatic heterocycles. The highest BCUT2D eigenvalue weighted by Gasteiger charge is 2.32. The van der Waals surface area contributed by atoms with Crippen LogP contribution >= 0.6 is 0 Å². The standard InChI is InChI=1S/C20H29N3O4S/c1-16-4-3-9-21(14-16)15-20(25)22-10-12-23(13-11-22)28(26,27)19-7-5-18(6-8-19)17(2)24/h5-8,16H,3-4,9-15H2,1-2H3/p+1/t16-/m1/s1. The summed E-state index contributed by atoms with van der Waals surface area (Å²) in [6.45, 7) is 7.71. The van der Waals surface area contributed by atoms with E-state index >= 15 is 0 Å². The first kappa shape index (κ1) is 21.0. The summed E-state index contributed by atoms with van der Waals surface area (Å²) in [5.74, 6) is 0.682. The van der Waals surface area contributed by atoms with Crippen LogP contribution in [0.25, 0.3) is 0 Å². The second-order valence-electron chi connectivity index (χ2n) is 7.99. The highest BCUT2D eigenvalue weighted by molar-refractivity contribution is 7.89. The van der Waals surface area contributed by atoms with Crippen molar-refractivity contribution in [3.8, 4) is 0 Å². The molecule has 0 spiro atoms. The number of piperazine rings is 1. The number of quaternary nitrogens is 1. The Kier molecular flexibility index (Phi) is 6.52. The van der Waals surface area contributed by atoms with Crippen LogP contribution in [0.15, 0.2) is 29.2 Å². The number of rotatable bonds is 5. The Labute approximate surface area is 167 Å². The minimum atomic E-state index is -3.61. The first-order valence-corrected chi connectivity index (χ1v) is 11.4. The van der Waals surface area contributed by atoms with E-state index in [4.69, 9.17) is 0 Å². The van der Waals surface area contributed by atoms with Crippen molar-refractivity contribution in [3.05, 3.63) is 29.8 Å². The van der Waals surface area contributed by atoms with Gasteiger partial charge in [0.1, 0.15) is 0 Å². The Morgan fingerprint density at radius 2 is 1.75 bits per heavy atom. The summed E-state index contributed by atoms with van der Waals surface area (Å²) in [4.78, 5) is 27.3. The molecule has 1 amide bonds. The molecule has 1 unspecified atom stereocenters. The topological polar surface area (TPSA) is 79.2 Å². The van der Waals surface area contributed by atoms with Crippen LogP contribution in [0.2, 0.25) is 0 Å². The summed E-state index contributed by atoms with van der Waals surface area (Å²) in [6, 6.07) is 6.03. The van der Waals surface area contributed by atoms with Gasteiger partial charge in [-0.25, -0.2) is 8.42 Å². The van der Waals surface area contributed by atoms with Crippen LogP contribution in [-0.4, -0.2) is 75.1 Å². The number of ketones is 1. The molecule has 3 rings (SSSR count). The fourth-order valence-corrected chi connectivity index (χ4v) is 5.49. The predicted molar refractivity (Wildman–Crippen MR) is 106 cm³/mol. The van der Waals surface area contributed by atoms with E-state index in [1.165, 1.54) is 46.8 Å². The molecule has 2 aliphatic heterocycles. The number of sulfonamides is 1. The normalized spacial score (nSPS) is 24.1. The van der Waals surface area contributed by atoms with Crippen LogP contribution in [0.3, 0.4) is 0 Å². The van der Waals surface area contributed by atoms with Crippen molar-refractivity contribution in [2.75, 3.05) is 45.8 Å². The summed E-state index contributed by atoms with van der Waals surface area (Å²) >= 11 is 0. The number of carbonyl (C=O) groups is 2. The third-order valence-corrected chi connectivity index (χ3v) is 7.67. The third-order valence-electron chi connectivity index (χ3n) is 5.76. The zero-order chi connectivity index (χ0) is 20.3. The third kappa shape index (κ3) is 4.79. The van der Waals surface area contributed by atoms with Gasteiger partial charge < -0.3 is 9.80 Å². The maximum absolute atomic E-state index is 12.8. The lowest BCUT2D eigenvalue weighted by Crippen LogP contribution is -3.14. The minimum Gasteiger partial charge on any atom is -0.335 e. The molecule has 2 saturated heterocycles. The molecule has 0 radical (unpaired) electrons. The molecule has 2 aliphatic rings. The number of piperidine rings is 1. The van der Waals surface area contributed by atoms with Crippen molar-refractivity contribution in [1.82, 2.24) is 9.21 Å². The first-order valence-electron chi connectivity index (χ1n) is 10.00. The van der Waals surface area contributed by atoms with Crippen molar-refractivity contribution in [2.24, 2.45) is 5.92 Å². The number of hydrogen-bond acceptors (Lipinski definition) is 4. The first-order chi connectivity index (χ1) is 13.3. The van der Waals surface area contributed by atoms with Crippen molar-refractivity contribution in [3.63, 3.8) is 0 Å². The summed E-state index contributed by atoms with van der Waals surface area (Å²) in [5.41, 5.74) is 0.490. The van der Waals surface area contributed by atoms with Crippen LogP contribution in [0.1, 0.15) is 37.0 Å². The molecule has 8 heteroatoms. The summed E-state index contributed by atoms with van der Waals surface area (Å²) < 4.78 is 27.1. The predicted octanol–water partition coefficient (Wildman–Crippen LogP) is 0.0369. The SMILES string of the molecule is CC(=O)c1ccc(S(=O)(=O)N2CCN(C(=O)C[NH+]3CCC[C@@H](C)C3)CC2)cc1. The Bertz CT molecular complexity index is 814. The molecule has 2 heterocycles. The number of benzene rings is 1. The lowest BCUT2D eigenvalue weighted by Gasteiger charge is -2.35. The fourth-order valence-electron chi connectivity index (χ4n) is 4.07. The fraction of sp³-hybridized carbons (Fsp3) is 0.600. The Morgan fingerprint density at radius 1 is 1.11 bits per heavy atom. The van der Waals surface area contributed by atoms with E-state index in [-0.39, 0.29) is 16.6 Å². The van der Waals surface area contributed by atoms with Gasteiger partial charge in [0, 0.05) is 37.7 Å². The van der Waals surface area contributed by atoms with E-state index in [2.05, 4.69) is 6.92 Å². The molecular weight excluding hydrogens is 378 g/mol. The molecule has 28 heavy (non-hydrogen) atoms. The van der Waals surface area contributed by atoms with Gasteiger partial charge in [0.05, 0.1) is 18.0 Å². The Balaban J connectivity index is 1.56. The number of Topliss-reactive ketones (excluding diaryl/α,β-unsaturated/α-hetero) is 1. The number of amides is 1. The van der Waals surface area contributed by atoms with Crippen molar-refractivity contribution >= 4 is 21.7 Å². The number of carbonyl (C=O) groups excluding carboxylic acids is 2. The van der Waals surface area contributed by atoms with E-state index in [0.717, 1.165) is 19.5 Å². The molecule has 1 N–H and O–H groups in total. The smallest absolute Gasteiger partial charge is 0.277 e. The Hall–Kier alpha value is -1.77. The number of nitrogens with one attached hydrogen (secondary N) is 1. The molecule has 154 valence electrons. The highest BCUT2D eigenvalue weighted by atomic mass is 32.2. The van der Waals surface area contributed by atoms with Crippen LogP contribution in [0.4, 0.5) is 0 Å². The average molecular weight is 409 g/mol. The van der Waals surface area contributed by atoms with Gasteiger partial charge in [-0.05, 0) is 31.9 Å². The van der Waals surface area contributed by atoms with Crippen molar-refractivity contribution < 1.29 is 22.9 Å². The number of likely N-dealkylation sites (tertiary alicyclic amines) is 1. The summed E-state index contributed by atoms with van der Waals surface area (Å²) in [7, 11) is -3.61. The van der Waals surface area contributed by atoms with Crippen LogP contribution in [0, 0.1) is 5.92 Å². The zero-order valence-electron chi connectivity index (χ0n) is 16.7. The molecule has 1 aromatic carbocycles. The van der Waals surface area contributed by atoms with Gasteiger partial charge in [-0.3, -0.25) is 9.59 Å². The van der Waals surface area contributed by atoms with E-state index in [9.17, 15) is 18.0 Å². The minimum absolute atomic E-state index is 0.0960. The molecule has 0 saturated carbocycles. The van der Waals surface area contributed by atoms with Crippen LogP contribution in [-0.2, 0) is 14.8 Å².